The lowest BCUT2D eigenvalue weighted by Gasteiger charge is -2.33. The standard InChI is InChI=1S/C16H21NO2/c1-19-16-6-2-12(3-7-16)8-9-17-13-4-5-14(17)11-15(18)10-13/h2-3,6-7,13-14H,4-5,8-11H2,1H3. The monoisotopic (exact) mass is 259 g/mol. The van der Waals surface area contributed by atoms with Gasteiger partial charge in [-0.25, -0.2) is 0 Å². The van der Waals surface area contributed by atoms with E-state index in [2.05, 4.69) is 17.0 Å². The fourth-order valence-corrected chi connectivity index (χ4v) is 3.48. The van der Waals surface area contributed by atoms with Crippen LogP contribution < -0.4 is 4.74 Å². The van der Waals surface area contributed by atoms with Gasteiger partial charge in [-0.05, 0) is 37.0 Å². The maximum atomic E-state index is 11.6. The van der Waals surface area contributed by atoms with Gasteiger partial charge >= 0.3 is 0 Å². The zero-order valence-electron chi connectivity index (χ0n) is 11.5. The number of ether oxygens (including phenoxy) is 1. The van der Waals surface area contributed by atoms with Gasteiger partial charge in [-0.2, -0.15) is 0 Å². The van der Waals surface area contributed by atoms with Crippen molar-refractivity contribution in [1.29, 1.82) is 0 Å². The summed E-state index contributed by atoms with van der Waals surface area (Å²) in [6.07, 6.45) is 5.03. The van der Waals surface area contributed by atoms with Crippen LogP contribution in [0, 0.1) is 0 Å². The van der Waals surface area contributed by atoms with Crippen LogP contribution in [0.5, 0.6) is 5.75 Å². The quantitative estimate of drug-likeness (QED) is 0.831. The smallest absolute Gasteiger partial charge is 0.136 e. The summed E-state index contributed by atoms with van der Waals surface area (Å²) < 4.78 is 5.17. The fraction of sp³-hybridized carbons (Fsp3) is 0.562. The Morgan fingerprint density at radius 1 is 1.16 bits per heavy atom. The Labute approximate surface area is 114 Å². The molecule has 1 aromatic rings. The molecule has 2 saturated heterocycles. The third-order valence-electron chi connectivity index (χ3n) is 4.52. The first kappa shape index (κ1) is 12.7. The SMILES string of the molecule is COc1ccc(CCN2C3CCC2CC(=O)C3)cc1. The molecule has 1 aromatic carbocycles. The number of benzene rings is 1. The van der Waals surface area contributed by atoms with E-state index in [1.54, 1.807) is 7.11 Å². The van der Waals surface area contributed by atoms with E-state index in [9.17, 15) is 4.79 Å². The number of methoxy groups -OCH3 is 1. The molecule has 2 unspecified atom stereocenters. The highest BCUT2D eigenvalue weighted by Crippen LogP contribution is 2.33. The highest BCUT2D eigenvalue weighted by Gasteiger charge is 2.39. The van der Waals surface area contributed by atoms with Gasteiger partial charge in [-0.15, -0.1) is 0 Å². The van der Waals surface area contributed by atoms with Crippen LogP contribution in [0.4, 0.5) is 0 Å². The summed E-state index contributed by atoms with van der Waals surface area (Å²) in [5, 5.41) is 0. The minimum absolute atomic E-state index is 0.466. The Bertz CT molecular complexity index is 438. The number of hydrogen-bond donors (Lipinski definition) is 0. The first-order valence-corrected chi connectivity index (χ1v) is 7.16. The number of fused-ring (bicyclic) bond motifs is 2. The first-order chi connectivity index (χ1) is 9.26. The molecule has 3 heteroatoms. The van der Waals surface area contributed by atoms with Gasteiger partial charge in [-0.3, -0.25) is 9.69 Å². The second-order valence-electron chi connectivity index (χ2n) is 5.67. The van der Waals surface area contributed by atoms with Crippen molar-refractivity contribution < 1.29 is 9.53 Å². The third kappa shape index (κ3) is 2.66. The van der Waals surface area contributed by atoms with E-state index in [4.69, 9.17) is 4.74 Å². The predicted molar refractivity (Wildman–Crippen MR) is 74.5 cm³/mol. The molecule has 2 fully saturated rings. The highest BCUT2D eigenvalue weighted by molar-refractivity contribution is 5.80. The maximum Gasteiger partial charge on any atom is 0.136 e. The molecule has 0 radical (unpaired) electrons. The van der Waals surface area contributed by atoms with Crippen LogP contribution >= 0.6 is 0 Å². The summed E-state index contributed by atoms with van der Waals surface area (Å²) >= 11 is 0. The Hall–Kier alpha value is -1.35. The summed E-state index contributed by atoms with van der Waals surface area (Å²) in [4.78, 5) is 14.1. The van der Waals surface area contributed by atoms with Crippen molar-refractivity contribution in [2.75, 3.05) is 13.7 Å². The normalized spacial score (nSPS) is 26.7. The summed E-state index contributed by atoms with van der Waals surface area (Å²) in [6.45, 7) is 1.08. The first-order valence-electron chi connectivity index (χ1n) is 7.16. The lowest BCUT2D eigenvalue weighted by atomic mass is 10.0. The largest absolute Gasteiger partial charge is 0.497 e. The zero-order chi connectivity index (χ0) is 13.2. The Kier molecular flexibility index (Phi) is 3.56. The Balaban J connectivity index is 1.58. The molecule has 102 valence electrons. The number of carbonyl (C=O) groups is 1. The van der Waals surface area contributed by atoms with E-state index in [-0.39, 0.29) is 0 Å². The van der Waals surface area contributed by atoms with Crippen LogP contribution in [0.25, 0.3) is 0 Å². The minimum Gasteiger partial charge on any atom is -0.497 e. The average molecular weight is 259 g/mol. The van der Waals surface area contributed by atoms with Crippen LogP contribution in [0.2, 0.25) is 0 Å². The minimum atomic E-state index is 0.466. The zero-order valence-corrected chi connectivity index (χ0v) is 11.5. The Morgan fingerprint density at radius 2 is 1.79 bits per heavy atom. The van der Waals surface area contributed by atoms with Gasteiger partial charge < -0.3 is 4.74 Å². The molecule has 0 saturated carbocycles. The lowest BCUT2D eigenvalue weighted by Crippen LogP contribution is -2.44. The summed E-state index contributed by atoms with van der Waals surface area (Å²) in [5.41, 5.74) is 1.34. The van der Waals surface area contributed by atoms with Gasteiger partial charge in [0.2, 0.25) is 0 Å². The fourth-order valence-electron chi connectivity index (χ4n) is 3.48. The van der Waals surface area contributed by atoms with Crippen LogP contribution in [0.3, 0.4) is 0 Å². The van der Waals surface area contributed by atoms with Crippen molar-refractivity contribution in [3.8, 4) is 5.75 Å². The molecule has 2 aliphatic rings. The van der Waals surface area contributed by atoms with Crippen molar-refractivity contribution >= 4 is 5.78 Å². The lowest BCUT2D eigenvalue weighted by molar-refractivity contribution is -0.123. The van der Waals surface area contributed by atoms with Crippen molar-refractivity contribution in [2.45, 2.75) is 44.2 Å². The van der Waals surface area contributed by atoms with E-state index in [0.29, 0.717) is 17.9 Å². The topological polar surface area (TPSA) is 29.5 Å². The Morgan fingerprint density at radius 3 is 2.37 bits per heavy atom. The number of nitrogens with zero attached hydrogens (tertiary/aromatic N) is 1. The van der Waals surface area contributed by atoms with Gasteiger partial charge in [0.25, 0.3) is 0 Å². The van der Waals surface area contributed by atoms with Gasteiger partial charge in [0, 0.05) is 31.5 Å². The van der Waals surface area contributed by atoms with Crippen LogP contribution in [-0.2, 0) is 11.2 Å². The number of piperidine rings is 1. The van der Waals surface area contributed by atoms with E-state index in [1.165, 1.54) is 18.4 Å². The van der Waals surface area contributed by atoms with E-state index < -0.39 is 0 Å². The molecule has 0 N–H and O–H groups in total. The van der Waals surface area contributed by atoms with Crippen molar-refractivity contribution in [1.82, 2.24) is 4.90 Å². The third-order valence-corrected chi connectivity index (χ3v) is 4.52. The molecule has 0 aliphatic carbocycles. The number of Topliss-reactive ketones (excluding diaryl/α,β-unsaturated/α-hetero) is 1. The number of hydrogen-bond acceptors (Lipinski definition) is 3. The van der Waals surface area contributed by atoms with Crippen LogP contribution in [0.1, 0.15) is 31.2 Å². The number of ketones is 1. The second kappa shape index (κ2) is 5.33. The molecule has 3 rings (SSSR count). The molecular formula is C16H21NO2. The molecule has 2 heterocycles. The van der Waals surface area contributed by atoms with Crippen LogP contribution in [0.15, 0.2) is 24.3 Å². The molecule has 2 bridgehead atoms. The van der Waals surface area contributed by atoms with Gasteiger partial charge in [0.1, 0.15) is 11.5 Å². The predicted octanol–water partition coefficient (Wildman–Crippen LogP) is 2.43. The summed E-state index contributed by atoms with van der Waals surface area (Å²) in [7, 11) is 1.69. The maximum absolute atomic E-state index is 11.6. The van der Waals surface area contributed by atoms with Gasteiger partial charge in [0.05, 0.1) is 7.11 Å². The molecule has 2 atom stereocenters. The number of rotatable bonds is 4. The van der Waals surface area contributed by atoms with E-state index in [0.717, 1.165) is 31.6 Å². The molecule has 2 aliphatic heterocycles. The van der Waals surface area contributed by atoms with Gasteiger partial charge in [0.15, 0.2) is 0 Å². The summed E-state index contributed by atoms with van der Waals surface area (Å²) in [5.74, 6) is 1.38. The van der Waals surface area contributed by atoms with Crippen molar-refractivity contribution in [3.63, 3.8) is 0 Å². The van der Waals surface area contributed by atoms with Gasteiger partial charge in [-0.1, -0.05) is 12.1 Å². The highest BCUT2D eigenvalue weighted by atomic mass is 16.5. The molecule has 3 nitrogen and oxygen atoms in total. The van der Waals surface area contributed by atoms with Crippen LogP contribution in [-0.4, -0.2) is 36.4 Å². The number of carbonyl (C=O) groups excluding carboxylic acids is 1. The van der Waals surface area contributed by atoms with Crippen molar-refractivity contribution in [2.24, 2.45) is 0 Å². The van der Waals surface area contributed by atoms with E-state index >= 15 is 0 Å². The average Bonchev–Trinajstić information content (AvgIpc) is 2.67. The summed E-state index contributed by atoms with van der Waals surface area (Å²) in [6, 6.07) is 9.34. The van der Waals surface area contributed by atoms with Crippen molar-refractivity contribution in [3.05, 3.63) is 29.8 Å². The molecule has 19 heavy (non-hydrogen) atoms. The van der Waals surface area contributed by atoms with E-state index in [1.807, 2.05) is 12.1 Å². The molecular weight excluding hydrogens is 238 g/mol. The second-order valence-corrected chi connectivity index (χ2v) is 5.67. The molecule has 0 amide bonds. The molecule has 0 aromatic heterocycles. The molecule has 0 spiro atoms.